The predicted molar refractivity (Wildman–Crippen MR) is 146 cm³/mol. The van der Waals surface area contributed by atoms with Crippen molar-refractivity contribution in [3.05, 3.63) is 94.3 Å². The summed E-state index contributed by atoms with van der Waals surface area (Å²) in [6.07, 6.45) is 0.346. The van der Waals surface area contributed by atoms with Crippen LogP contribution in [0.5, 0.6) is 11.5 Å². The third kappa shape index (κ3) is 6.21. The van der Waals surface area contributed by atoms with Crippen molar-refractivity contribution in [2.24, 2.45) is 5.10 Å². The minimum Gasteiger partial charge on any atom is -0.497 e. The number of carbonyl (C=O) groups excluding carboxylic acids is 2. The van der Waals surface area contributed by atoms with Crippen molar-refractivity contribution in [1.82, 2.24) is 9.91 Å². The van der Waals surface area contributed by atoms with E-state index in [1.807, 2.05) is 18.2 Å². The van der Waals surface area contributed by atoms with Gasteiger partial charge < -0.3 is 19.1 Å². The van der Waals surface area contributed by atoms with Crippen LogP contribution in [-0.2, 0) is 9.53 Å². The molecule has 0 spiro atoms. The number of nitrogens with zero attached hydrogens (tertiary/aromatic N) is 3. The predicted octanol–water partition coefficient (Wildman–Crippen LogP) is 4.96. The molecule has 204 valence electrons. The van der Waals surface area contributed by atoms with E-state index in [1.165, 1.54) is 35.2 Å². The first-order valence-corrected chi connectivity index (χ1v) is 12.6. The molecule has 4 rings (SSSR count). The Labute approximate surface area is 231 Å². The van der Waals surface area contributed by atoms with Gasteiger partial charge in [-0.05, 0) is 36.4 Å². The van der Waals surface area contributed by atoms with Crippen molar-refractivity contribution in [3.63, 3.8) is 0 Å². The van der Waals surface area contributed by atoms with E-state index in [0.717, 1.165) is 0 Å². The summed E-state index contributed by atoms with van der Waals surface area (Å²) in [5.74, 6) is -0.624. The van der Waals surface area contributed by atoms with Crippen molar-refractivity contribution in [1.29, 1.82) is 0 Å². The zero-order chi connectivity index (χ0) is 27.9. The summed E-state index contributed by atoms with van der Waals surface area (Å²) in [6.45, 7) is -0.106. The van der Waals surface area contributed by atoms with Crippen LogP contribution in [0.3, 0.4) is 0 Å². The average molecular weight is 554 g/mol. The van der Waals surface area contributed by atoms with Crippen molar-refractivity contribution in [2.45, 2.75) is 12.5 Å². The number of carbonyl (C=O) groups is 2. The molecule has 10 heteroatoms. The topological polar surface area (TPSA) is 80.7 Å². The van der Waals surface area contributed by atoms with Crippen LogP contribution in [0.4, 0.5) is 4.39 Å². The Balaban J connectivity index is 1.72. The highest BCUT2D eigenvalue weighted by Crippen LogP contribution is 2.40. The highest BCUT2D eigenvalue weighted by molar-refractivity contribution is 6.34. The summed E-state index contributed by atoms with van der Waals surface area (Å²) in [5, 5.41) is 6.50. The maximum Gasteiger partial charge on any atom is 0.262 e. The standard InChI is InChI=1S/C29H29ClFN3O5/c1-37-15-14-33(29(36)21-9-5-7-11-24(21)31)18-28(35)34-26(22-16-19(38-2)12-13-27(22)39-3)17-25(32-34)20-8-4-6-10-23(20)30/h4-13,16,26H,14-15,17-18H2,1-3H3/t26-/m0/s1. The van der Waals surface area contributed by atoms with E-state index in [9.17, 15) is 14.0 Å². The lowest BCUT2D eigenvalue weighted by Gasteiger charge is -2.28. The smallest absolute Gasteiger partial charge is 0.262 e. The maximum atomic E-state index is 14.4. The van der Waals surface area contributed by atoms with Gasteiger partial charge in [-0.1, -0.05) is 41.9 Å². The minimum atomic E-state index is -0.670. The van der Waals surface area contributed by atoms with Gasteiger partial charge in [0.25, 0.3) is 11.8 Å². The first-order valence-electron chi connectivity index (χ1n) is 12.3. The number of hydrogen-bond acceptors (Lipinski definition) is 6. The monoisotopic (exact) mass is 553 g/mol. The zero-order valence-electron chi connectivity index (χ0n) is 21.9. The summed E-state index contributed by atoms with van der Waals surface area (Å²) in [7, 11) is 4.58. The van der Waals surface area contributed by atoms with Gasteiger partial charge in [-0.25, -0.2) is 9.40 Å². The van der Waals surface area contributed by atoms with E-state index in [-0.39, 0.29) is 25.3 Å². The average Bonchev–Trinajstić information content (AvgIpc) is 3.40. The lowest BCUT2D eigenvalue weighted by Crippen LogP contribution is -2.43. The van der Waals surface area contributed by atoms with E-state index in [1.54, 1.807) is 44.6 Å². The molecule has 2 amide bonds. The van der Waals surface area contributed by atoms with Crippen LogP contribution in [-0.4, -0.2) is 68.5 Å². The molecule has 8 nitrogen and oxygen atoms in total. The molecule has 0 unspecified atom stereocenters. The number of methoxy groups -OCH3 is 3. The number of hydrogen-bond donors (Lipinski definition) is 0. The van der Waals surface area contributed by atoms with Crippen LogP contribution in [0.2, 0.25) is 5.02 Å². The van der Waals surface area contributed by atoms with Gasteiger partial charge in [-0.3, -0.25) is 9.59 Å². The fourth-order valence-electron chi connectivity index (χ4n) is 4.43. The molecule has 1 aliphatic rings. The lowest BCUT2D eigenvalue weighted by molar-refractivity contribution is -0.133. The maximum absolute atomic E-state index is 14.4. The molecule has 0 N–H and O–H groups in total. The van der Waals surface area contributed by atoms with Gasteiger partial charge in [0.2, 0.25) is 0 Å². The highest BCUT2D eigenvalue weighted by Gasteiger charge is 2.37. The van der Waals surface area contributed by atoms with Crippen molar-refractivity contribution < 1.29 is 28.2 Å². The van der Waals surface area contributed by atoms with E-state index in [2.05, 4.69) is 5.10 Å². The fourth-order valence-corrected chi connectivity index (χ4v) is 4.68. The normalized spacial score (nSPS) is 14.6. The molecule has 0 aromatic heterocycles. The van der Waals surface area contributed by atoms with Crippen LogP contribution >= 0.6 is 11.6 Å². The fraction of sp³-hybridized carbons (Fsp3) is 0.276. The number of halogens is 2. The van der Waals surface area contributed by atoms with Gasteiger partial charge in [0.1, 0.15) is 23.9 Å². The molecule has 1 heterocycles. The van der Waals surface area contributed by atoms with Gasteiger partial charge in [-0.15, -0.1) is 0 Å². The molecule has 1 aliphatic heterocycles. The summed E-state index contributed by atoms with van der Waals surface area (Å²) in [5.41, 5.74) is 1.85. The molecule has 0 radical (unpaired) electrons. The quantitative estimate of drug-likeness (QED) is 0.354. The highest BCUT2D eigenvalue weighted by atomic mass is 35.5. The van der Waals surface area contributed by atoms with E-state index in [0.29, 0.717) is 39.8 Å². The SMILES string of the molecule is COCCN(CC(=O)N1N=C(c2ccccc2Cl)C[C@H]1c1cc(OC)ccc1OC)C(=O)c1ccccc1F. The lowest BCUT2D eigenvalue weighted by atomic mass is 9.97. The Hall–Kier alpha value is -3.95. The molecule has 39 heavy (non-hydrogen) atoms. The van der Waals surface area contributed by atoms with Gasteiger partial charge >= 0.3 is 0 Å². The van der Waals surface area contributed by atoms with Crippen LogP contribution in [0.1, 0.15) is 33.9 Å². The first kappa shape index (κ1) is 28.1. The number of rotatable bonds is 10. The second kappa shape index (κ2) is 12.7. The number of amides is 2. The summed E-state index contributed by atoms with van der Waals surface area (Å²) >= 11 is 6.47. The van der Waals surface area contributed by atoms with E-state index >= 15 is 0 Å². The minimum absolute atomic E-state index is 0.0808. The molecule has 0 bridgehead atoms. The second-order valence-corrected chi connectivity index (χ2v) is 9.20. The molecule has 1 atom stereocenters. The van der Waals surface area contributed by atoms with Crippen LogP contribution in [0.25, 0.3) is 0 Å². The first-order chi connectivity index (χ1) is 18.9. The van der Waals surface area contributed by atoms with Gasteiger partial charge in [0.15, 0.2) is 0 Å². The molecule has 0 fully saturated rings. The van der Waals surface area contributed by atoms with Crippen molar-refractivity contribution >= 4 is 29.1 Å². The summed E-state index contributed by atoms with van der Waals surface area (Å²) < 4.78 is 30.6. The number of hydrazone groups is 1. The largest absolute Gasteiger partial charge is 0.497 e. The molecule has 0 saturated carbocycles. The summed E-state index contributed by atoms with van der Waals surface area (Å²) in [4.78, 5) is 28.3. The Bertz CT molecular complexity index is 1380. The van der Waals surface area contributed by atoms with Gasteiger partial charge in [0, 0.05) is 36.2 Å². The van der Waals surface area contributed by atoms with Crippen LogP contribution in [0.15, 0.2) is 71.8 Å². The Morgan fingerprint density at radius 1 is 1.05 bits per heavy atom. The molecular formula is C29H29ClFN3O5. The van der Waals surface area contributed by atoms with Crippen molar-refractivity contribution in [2.75, 3.05) is 41.0 Å². The van der Waals surface area contributed by atoms with Gasteiger partial charge in [0.05, 0.1) is 38.1 Å². The zero-order valence-corrected chi connectivity index (χ0v) is 22.7. The van der Waals surface area contributed by atoms with E-state index in [4.69, 9.17) is 25.8 Å². The molecule has 0 saturated heterocycles. The van der Waals surface area contributed by atoms with E-state index < -0.39 is 23.7 Å². The number of benzene rings is 3. The molecule has 3 aromatic rings. The third-order valence-electron chi connectivity index (χ3n) is 6.43. The Kier molecular flexibility index (Phi) is 9.16. The Morgan fingerprint density at radius 3 is 2.49 bits per heavy atom. The van der Waals surface area contributed by atoms with Crippen LogP contribution in [0, 0.1) is 5.82 Å². The molecule has 3 aromatic carbocycles. The van der Waals surface area contributed by atoms with Crippen molar-refractivity contribution in [3.8, 4) is 11.5 Å². The van der Waals surface area contributed by atoms with Crippen LogP contribution < -0.4 is 9.47 Å². The third-order valence-corrected chi connectivity index (χ3v) is 6.76. The molecule has 0 aliphatic carbocycles. The Morgan fingerprint density at radius 2 is 1.79 bits per heavy atom. The summed E-state index contributed by atoms with van der Waals surface area (Å²) in [6, 6.07) is 17.6. The second-order valence-electron chi connectivity index (χ2n) is 8.79. The van der Waals surface area contributed by atoms with Gasteiger partial charge in [-0.2, -0.15) is 5.10 Å². The molecular weight excluding hydrogens is 525 g/mol. The number of ether oxygens (including phenoxy) is 3.